The lowest BCUT2D eigenvalue weighted by atomic mass is 10.3. The minimum absolute atomic E-state index is 0.617. The van der Waals surface area contributed by atoms with E-state index < -0.39 is 0 Å². The summed E-state index contributed by atoms with van der Waals surface area (Å²) in [5.74, 6) is 0. The Labute approximate surface area is 45.2 Å². The molecule has 0 aromatic carbocycles. The van der Waals surface area contributed by atoms with Gasteiger partial charge in [0, 0.05) is 0 Å². The zero-order chi connectivity index (χ0) is 5.11. The molecule has 1 nitrogen and oxygen atoms in total. The van der Waals surface area contributed by atoms with Crippen LogP contribution in [0.4, 0.5) is 0 Å². The van der Waals surface area contributed by atoms with Gasteiger partial charge in [0.25, 0.3) is 0 Å². The number of hydrogen-bond donors (Lipinski definition) is 1. The minimum atomic E-state index is 0.617. The van der Waals surface area contributed by atoms with Crippen molar-refractivity contribution in [2.45, 2.75) is 12.8 Å². The van der Waals surface area contributed by atoms with E-state index in [0.717, 1.165) is 6.42 Å². The van der Waals surface area contributed by atoms with Crippen LogP contribution in [0.2, 0.25) is 0 Å². The normalized spacial score (nSPS) is 24.9. The van der Waals surface area contributed by atoms with Crippen LogP contribution in [0.1, 0.15) is 12.8 Å². The third-order valence-corrected chi connectivity index (χ3v) is 2.19. The van der Waals surface area contributed by atoms with Crippen molar-refractivity contribution >= 4 is 8.58 Å². The van der Waals surface area contributed by atoms with Crippen LogP contribution >= 0.6 is 8.58 Å². The van der Waals surface area contributed by atoms with E-state index in [1.165, 1.54) is 12.6 Å². The smallest absolute Gasteiger partial charge is 0.107 e. The molecule has 0 bridgehead atoms. The lowest BCUT2D eigenvalue weighted by Gasteiger charge is -2.04. The second-order valence-electron chi connectivity index (χ2n) is 1.66. The van der Waals surface area contributed by atoms with Gasteiger partial charge in [-0.25, -0.2) is 0 Å². The van der Waals surface area contributed by atoms with E-state index in [0.29, 0.717) is 14.1 Å². The van der Waals surface area contributed by atoms with Crippen molar-refractivity contribution in [2.75, 3.05) is 6.16 Å². The second kappa shape index (κ2) is 2.32. The van der Waals surface area contributed by atoms with Crippen LogP contribution in [0.5, 0.6) is 0 Å². The Kier molecular flexibility index (Phi) is 1.70. The van der Waals surface area contributed by atoms with Crippen LogP contribution < -0.4 is 0 Å². The molecule has 1 rings (SSSR count). The molecule has 1 N–H and O–H groups in total. The van der Waals surface area contributed by atoms with Gasteiger partial charge in [-0.1, -0.05) is 8.58 Å². The standard InChI is InChI=1S/C5H9OP/c6-5-3-1-2-4-7-5/h3,6-7H,1-2,4H2. The molecule has 0 aliphatic carbocycles. The monoisotopic (exact) mass is 116 g/mol. The number of aliphatic hydroxyl groups excluding tert-OH is 1. The number of hydrogen-bond acceptors (Lipinski definition) is 1. The highest BCUT2D eigenvalue weighted by Gasteiger charge is 1.97. The number of rotatable bonds is 0. The highest BCUT2D eigenvalue weighted by molar-refractivity contribution is 7.42. The van der Waals surface area contributed by atoms with Crippen molar-refractivity contribution in [3.8, 4) is 0 Å². The lowest BCUT2D eigenvalue weighted by Crippen LogP contribution is -1.84. The molecule has 1 heterocycles. The number of allylic oxidation sites excluding steroid dienone is 1. The van der Waals surface area contributed by atoms with Gasteiger partial charge >= 0.3 is 0 Å². The Balaban J connectivity index is 2.40. The first-order valence-electron chi connectivity index (χ1n) is 2.52. The average Bonchev–Trinajstić information content (AvgIpc) is 1.69. The Bertz CT molecular complexity index is 88.1. The summed E-state index contributed by atoms with van der Waals surface area (Å²) < 4.78 is 0. The zero-order valence-electron chi connectivity index (χ0n) is 4.15. The van der Waals surface area contributed by atoms with Crippen molar-refractivity contribution in [1.29, 1.82) is 0 Å². The Hall–Kier alpha value is -0.0300. The largest absolute Gasteiger partial charge is 0.508 e. The SMILES string of the molecule is OC1=CCCCP1. The van der Waals surface area contributed by atoms with Gasteiger partial charge in [-0.15, -0.1) is 0 Å². The summed E-state index contributed by atoms with van der Waals surface area (Å²) >= 11 is 0. The fourth-order valence-electron chi connectivity index (χ4n) is 0.629. The van der Waals surface area contributed by atoms with E-state index in [2.05, 4.69) is 0 Å². The zero-order valence-corrected chi connectivity index (χ0v) is 5.15. The Morgan fingerprint density at radius 2 is 2.57 bits per heavy atom. The topological polar surface area (TPSA) is 20.2 Å². The summed E-state index contributed by atoms with van der Waals surface area (Å²) in [6.07, 6.45) is 5.46. The van der Waals surface area contributed by atoms with E-state index in [1.54, 1.807) is 0 Å². The van der Waals surface area contributed by atoms with Gasteiger partial charge < -0.3 is 5.11 Å². The summed E-state index contributed by atoms with van der Waals surface area (Å²) in [5, 5.41) is 8.78. The molecule has 0 radical (unpaired) electrons. The van der Waals surface area contributed by atoms with Crippen molar-refractivity contribution in [2.24, 2.45) is 0 Å². The van der Waals surface area contributed by atoms with E-state index in [4.69, 9.17) is 5.11 Å². The summed E-state index contributed by atoms with van der Waals surface area (Å²) in [6.45, 7) is 0. The molecule has 0 aromatic heterocycles. The van der Waals surface area contributed by atoms with E-state index >= 15 is 0 Å². The third-order valence-electron chi connectivity index (χ3n) is 1.02. The molecular weight excluding hydrogens is 107 g/mol. The fourth-order valence-corrected chi connectivity index (χ4v) is 1.56. The summed E-state index contributed by atoms with van der Waals surface area (Å²) in [6, 6.07) is 0. The minimum Gasteiger partial charge on any atom is -0.508 e. The van der Waals surface area contributed by atoms with Crippen molar-refractivity contribution in [3.05, 3.63) is 11.6 Å². The summed E-state index contributed by atoms with van der Waals surface area (Å²) in [7, 11) is 0.692. The lowest BCUT2D eigenvalue weighted by molar-refractivity contribution is 0.449. The van der Waals surface area contributed by atoms with Crippen molar-refractivity contribution in [3.63, 3.8) is 0 Å². The molecule has 1 unspecified atom stereocenters. The molecule has 0 saturated heterocycles. The average molecular weight is 116 g/mol. The highest BCUT2D eigenvalue weighted by atomic mass is 31.1. The molecule has 0 spiro atoms. The molecule has 1 atom stereocenters. The maximum absolute atomic E-state index is 8.78. The maximum atomic E-state index is 8.78. The third kappa shape index (κ3) is 1.48. The first-order chi connectivity index (χ1) is 3.39. The first kappa shape index (κ1) is 5.11. The molecular formula is C5H9OP. The molecule has 40 valence electrons. The van der Waals surface area contributed by atoms with E-state index in [-0.39, 0.29) is 0 Å². The predicted octanol–water partition coefficient (Wildman–Crippen LogP) is 1.86. The van der Waals surface area contributed by atoms with Gasteiger partial charge in [0.1, 0.15) is 5.50 Å². The van der Waals surface area contributed by atoms with Crippen LogP contribution in [0.15, 0.2) is 11.6 Å². The Morgan fingerprint density at radius 3 is 2.86 bits per heavy atom. The molecule has 0 fully saturated rings. The van der Waals surface area contributed by atoms with Crippen LogP contribution in [-0.2, 0) is 0 Å². The molecule has 1 aliphatic heterocycles. The molecule has 2 heteroatoms. The molecule has 0 aromatic rings. The van der Waals surface area contributed by atoms with Crippen LogP contribution in [0.25, 0.3) is 0 Å². The molecule has 1 aliphatic rings. The predicted molar refractivity (Wildman–Crippen MR) is 33.1 cm³/mol. The second-order valence-corrected chi connectivity index (χ2v) is 3.02. The van der Waals surface area contributed by atoms with Gasteiger partial charge in [-0.05, 0) is 25.1 Å². The van der Waals surface area contributed by atoms with E-state index in [1.807, 2.05) is 6.08 Å². The fraction of sp³-hybridized carbons (Fsp3) is 0.600. The quantitative estimate of drug-likeness (QED) is 0.479. The van der Waals surface area contributed by atoms with Crippen molar-refractivity contribution < 1.29 is 5.11 Å². The Morgan fingerprint density at radius 1 is 1.71 bits per heavy atom. The molecule has 7 heavy (non-hydrogen) atoms. The summed E-state index contributed by atoms with van der Waals surface area (Å²) in [4.78, 5) is 0. The highest BCUT2D eigenvalue weighted by Crippen LogP contribution is 2.26. The van der Waals surface area contributed by atoms with Crippen LogP contribution in [-0.4, -0.2) is 11.3 Å². The van der Waals surface area contributed by atoms with Crippen LogP contribution in [0, 0.1) is 0 Å². The molecule has 0 amide bonds. The van der Waals surface area contributed by atoms with E-state index in [9.17, 15) is 0 Å². The maximum Gasteiger partial charge on any atom is 0.107 e. The van der Waals surface area contributed by atoms with Gasteiger partial charge in [0.2, 0.25) is 0 Å². The number of aliphatic hydroxyl groups is 1. The van der Waals surface area contributed by atoms with Crippen molar-refractivity contribution in [1.82, 2.24) is 0 Å². The first-order valence-corrected chi connectivity index (χ1v) is 3.73. The van der Waals surface area contributed by atoms with Crippen LogP contribution in [0.3, 0.4) is 0 Å². The van der Waals surface area contributed by atoms with Gasteiger partial charge in [0.05, 0.1) is 0 Å². The van der Waals surface area contributed by atoms with Gasteiger partial charge in [0.15, 0.2) is 0 Å². The molecule has 0 saturated carbocycles. The van der Waals surface area contributed by atoms with Gasteiger partial charge in [-0.2, -0.15) is 0 Å². The summed E-state index contributed by atoms with van der Waals surface area (Å²) in [5.41, 5.74) is 0.617. The van der Waals surface area contributed by atoms with Gasteiger partial charge in [-0.3, -0.25) is 0 Å².